The highest BCUT2D eigenvalue weighted by Gasteiger charge is 2.13. The minimum absolute atomic E-state index is 0.124. The summed E-state index contributed by atoms with van der Waals surface area (Å²) in [6, 6.07) is 3.51. The first-order chi connectivity index (χ1) is 9.13. The van der Waals surface area contributed by atoms with Crippen LogP contribution in [0.1, 0.15) is 17.3 Å². The van der Waals surface area contributed by atoms with Gasteiger partial charge in [-0.25, -0.2) is 0 Å². The predicted molar refractivity (Wildman–Crippen MR) is 69.3 cm³/mol. The molecule has 19 heavy (non-hydrogen) atoms. The fraction of sp³-hybridized carbons (Fsp3) is 0.333. The molecule has 1 aromatic heterocycles. The summed E-state index contributed by atoms with van der Waals surface area (Å²) in [7, 11) is 1.54. The molecule has 2 rings (SSSR count). The molecule has 0 bridgehead atoms. The zero-order chi connectivity index (χ0) is 13.8. The Morgan fingerprint density at radius 1 is 1.42 bits per heavy atom. The smallest absolute Gasteiger partial charge is 0.264 e. The largest absolute Gasteiger partial charge is 0.493 e. The number of hydrogen-bond donors (Lipinski definition) is 1. The van der Waals surface area contributed by atoms with E-state index in [1.807, 2.05) is 0 Å². The first-order valence-corrected chi connectivity index (χ1v) is 6.00. The molecule has 0 spiro atoms. The summed E-state index contributed by atoms with van der Waals surface area (Å²) >= 11 is 6.14. The molecule has 102 valence electrons. The van der Waals surface area contributed by atoms with Crippen molar-refractivity contribution in [2.45, 2.75) is 20.1 Å². The molecule has 0 aliphatic heterocycles. The second kappa shape index (κ2) is 5.90. The number of benzene rings is 1. The van der Waals surface area contributed by atoms with E-state index in [1.165, 1.54) is 7.11 Å². The average Bonchev–Trinajstić information content (AvgIpc) is 2.82. The molecule has 0 aliphatic rings. The number of rotatable bonds is 5. The SMILES string of the molecule is COc1cc(CN)cc(Cl)c1OCc1nc(C)no1. The highest BCUT2D eigenvalue weighted by molar-refractivity contribution is 6.32. The molecule has 2 N–H and O–H groups in total. The van der Waals surface area contributed by atoms with E-state index in [4.69, 9.17) is 31.3 Å². The van der Waals surface area contributed by atoms with Gasteiger partial charge in [-0.3, -0.25) is 0 Å². The summed E-state index contributed by atoms with van der Waals surface area (Å²) in [5.74, 6) is 1.87. The Labute approximate surface area is 115 Å². The summed E-state index contributed by atoms with van der Waals surface area (Å²) in [5, 5.41) is 4.10. The van der Waals surface area contributed by atoms with Gasteiger partial charge in [-0.1, -0.05) is 16.8 Å². The van der Waals surface area contributed by atoms with Crippen LogP contribution in [0.5, 0.6) is 11.5 Å². The highest BCUT2D eigenvalue weighted by Crippen LogP contribution is 2.36. The van der Waals surface area contributed by atoms with Gasteiger partial charge in [0.1, 0.15) is 0 Å². The molecule has 2 aromatic rings. The molecular weight excluding hydrogens is 270 g/mol. The number of hydrogen-bond acceptors (Lipinski definition) is 6. The molecule has 0 radical (unpaired) electrons. The topological polar surface area (TPSA) is 83.4 Å². The Morgan fingerprint density at radius 2 is 2.21 bits per heavy atom. The Morgan fingerprint density at radius 3 is 2.79 bits per heavy atom. The van der Waals surface area contributed by atoms with Crippen LogP contribution in [0.4, 0.5) is 0 Å². The van der Waals surface area contributed by atoms with E-state index in [0.29, 0.717) is 34.8 Å². The van der Waals surface area contributed by atoms with E-state index in [2.05, 4.69) is 10.1 Å². The molecular formula is C12H14ClN3O3. The summed E-state index contributed by atoms with van der Waals surface area (Å²) < 4.78 is 15.7. The highest BCUT2D eigenvalue weighted by atomic mass is 35.5. The van der Waals surface area contributed by atoms with Crippen molar-refractivity contribution in [2.75, 3.05) is 7.11 Å². The predicted octanol–water partition coefficient (Wildman–Crippen LogP) is 2.08. The van der Waals surface area contributed by atoms with Crippen LogP contribution in [0, 0.1) is 6.92 Å². The third-order valence-corrected chi connectivity index (χ3v) is 2.72. The summed E-state index contributed by atoms with van der Waals surface area (Å²) in [5.41, 5.74) is 6.44. The molecule has 1 heterocycles. The van der Waals surface area contributed by atoms with E-state index in [0.717, 1.165) is 5.56 Å². The van der Waals surface area contributed by atoms with E-state index in [9.17, 15) is 0 Å². The second-order valence-electron chi connectivity index (χ2n) is 3.84. The van der Waals surface area contributed by atoms with Crippen LogP contribution >= 0.6 is 11.6 Å². The van der Waals surface area contributed by atoms with Gasteiger partial charge < -0.3 is 19.7 Å². The second-order valence-corrected chi connectivity index (χ2v) is 4.24. The third-order valence-electron chi connectivity index (χ3n) is 2.43. The average molecular weight is 284 g/mol. The molecule has 1 aromatic carbocycles. The van der Waals surface area contributed by atoms with Gasteiger partial charge in [0.15, 0.2) is 23.9 Å². The third kappa shape index (κ3) is 3.15. The van der Waals surface area contributed by atoms with Crippen molar-refractivity contribution in [2.24, 2.45) is 5.73 Å². The number of nitrogens with two attached hydrogens (primary N) is 1. The summed E-state index contributed by atoms with van der Waals surface area (Å²) in [4.78, 5) is 4.04. The maximum absolute atomic E-state index is 6.14. The quantitative estimate of drug-likeness (QED) is 0.904. The molecule has 0 atom stereocenters. The number of halogens is 1. The van der Waals surface area contributed by atoms with Crippen molar-refractivity contribution >= 4 is 11.6 Å². The number of nitrogens with zero attached hydrogens (tertiary/aromatic N) is 2. The first kappa shape index (κ1) is 13.6. The van der Waals surface area contributed by atoms with Crippen molar-refractivity contribution in [3.8, 4) is 11.5 Å². The van der Waals surface area contributed by atoms with Crippen molar-refractivity contribution in [3.63, 3.8) is 0 Å². The lowest BCUT2D eigenvalue weighted by Gasteiger charge is -2.12. The Balaban J connectivity index is 2.19. The molecule has 7 heteroatoms. The van der Waals surface area contributed by atoms with Crippen LogP contribution in [0.15, 0.2) is 16.7 Å². The van der Waals surface area contributed by atoms with Gasteiger partial charge in [0.05, 0.1) is 12.1 Å². The van der Waals surface area contributed by atoms with Gasteiger partial charge in [-0.2, -0.15) is 4.98 Å². The number of methoxy groups -OCH3 is 1. The monoisotopic (exact) mass is 283 g/mol. The van der Waals surface area contributed by atoms with Gasteiger partial charge in [-0.15, -0.1) is 0 Å². The first-order valence-electron chi connectivity index (χ1n) is 5.62. The minimum atomic E-state index is 0.124. The van der Waals surface area contributed by atoms with E-state index >= 15 is 0 Å². The fourth-order valence-corrected chi connectivity index (χ4v) is 1.85. The van der Waals surface area contributed by atoms with Crippen molar-refractivity contribution < 1.29 is 14.0 Å². The van der Waals surface area contributed by atoms with Crippen LogP contribution in [-0.4, -0.2) is 17.3 Å². The van der Waals surface area contributed by atoms with Gasteiger partial charge in [0, 0.05) is 6.54 Å². The fourth-order valence-electron chi connectivity index (χ4n) is 1.56. The molecule has 0 unspecified atom stereocenters. The van der Waals surface area contributed by atoms with Crippen LogP contribution < -0.4 is 15.2 Å². The minimum Gasteiger partial charge on any atom is -0.493 e. The molecule has 6 nitrogen and oxygen atoms in total. The lowest BCUT2D eigenvalue weighted by atomic mass is 10.2. The molecule has 0 saturated carbocycles. The number of aryl methyl sites for hydroxylation is 1. The lowest BCUT2D eigenvalue weighted by molar-refractivity contribution is 0.233. The zero-order valence-electron chi connectivity index (χ0n) is 10.6. The van der Waals surface area contributed by atoms with Crippen molar-refractivity contribution in [3.05, 3.63) is 34.4 Å². The molecule has 0 aliphatic carbocycles. The van der Waals surface area contributed by atoms with Crippen molar-refractivity contribution in [1.82, 2.24) is 10.1 Å². The van der Waals surface area contributed by atoms with E-state index in [-0.39, 0.29) is 6.61 Å². The molecule has 0 amide bonds. The lowest BCUT2D eigenvalue weighted by Crippen LogP contribution is -2.02. The maximum Gasteiger partial charge on any atom is 0.264 e. The Kier molecular flexibility index (Phi) is 4.24. The van der Waals surface area contributed by atoms with Gasteiger partial charge in [0.25, 0.3) is 5.89 Å². The Hall–Kier alpha value is -1.79. The zero-order valence-corrected chi connectivity index (χ0v) is 11.4. The summed E-state index contributed by atoms with van der Waals surface area (Å²) in [6.07, 6.45) is 0. The van der Waals surface area contributed by atoms with Crippen LogP contribution in [0.3, 0.4) is 0 Å². The molecule has 0 fully saturated rings. The maximum atomic E-state index is 6.14. The number of aromatic nitrogens is 2. The summed E-state index contributed by atoms with van der Waals surface area (Å²) in [6.45, 7) is 2.23. The van der Waals surface area contributed by atoms with Gasteiger partial charge in [-0.05, 0) is 24.6 Å². The number of ether oxygens (including phenoxy) is 2. The van der Waals surface area contributed by atoms with E-state index < -0.39 is 0 Å². The Bertz CT molecular complexity index is 571. The van der Waals surface area contributed by atoms with Crippen LogP contribution in [-0.2, 0) is 13.2 Å². The van der Waals surface area contributed by atoms with Crippen LogP contribution in [0.25, 0.3) is 0 Å². The normalized spacial score (nSPS) is 10.5. The standard InChI is InChI=1S/C12H14ClN3O3/c1-7-15-11(19-16-7)6-18-12-9(13)3-8(5-14)4-10(12)17-2/h3-4H,5-6,14H2,1-2H3. The van der Waals surface area contributed by atoms with Gasteiger partial charge >= 0.3 is 0 Å². The molecule has 0 saturated heterocycles. The van der Waals surface area contributed by atoms with E-state index in [1.54, 1.807) is 19.1 Å². The van der Waals surface area contributed by atoms with Crippen LogP contribution in [0.2, 0.25) is 5.02 Å². The van der Waals surface area contributed by atoms with Gasteiger partial charge in [0.2, 0.25) is 0 Å². The van der Waals surface area contributed by atoms with Crippen molar-refractivity contribution in [1.29, 1.82) is 0 Å².